The number of nitrogens with two attached hydrogens (primary N) is 1. The molecule has 6 heteroatoms. The largest absolute Gasteiger partial charge is 0.342 e. The first-order valence-corrected chi connectivity index (χ1v) is 10.1. The van der Waals surface area contributed by atoms with Gasteiger partial charge < -0.3 is 19.6 Å². The number of para-hydroxylation sites is 1. The lowest BCUT2D eigenvalue weighted by Gasteiger charge is -2.30. The Morgan fingerprint density at radius 2 is 2.03 bits per heavy atom. The summed E-state index contributed by atoms with van der Waals surface area (Å²) in [6.07, 6.45) is 3.89. The van der Waals surface area contributed by atoms with Crippen LogP contribution < -0.4 is 5.73 Å². The van der Waals surface area contributed by atoms with Crippen LogP contribution in [0.2, 0.25) is 0 Å². The highest BCUT2D eigenvalue weighted by atomic mass is 16.2. The molecule has 6 nitrogen and oxygen atoms in total. The summed E-state index contributed by atoms with van der Waals surface area (Å²) in [5.74, 6) is 0.0365. The van der Waals surface area contributed by atoms with Crippen molar-refractivity contribution in [1.82, 2.24) is 18.9 Å². The van der Waals surface area contributed by atoms with Crippen LogP contribution in [0, 0.1) is 6.92 Å². The summed E-state index contributed by atoms with van der Waals surface area (Å²) in [4.78, 5) is 19.7. The van der Waals surface area contributed by atoms with Gasteiger partial charge in [-0.3, -0.25) is 4.79 Å². The van der Waals surface area contributed by atoms with Crippen molar-refractivity contribution in [2.24, 2.45) is 12.8 Å². The zero-order valence-corrected chi connectivity index (χ0v) is 16.8. The van der Waals surface area contributed by atoms with E-state index in [4.69, 9.17) is 10.7 Å². The molecule has 4 heterocycles. The Morgan fingerprint density at radius 1 is 1.21 bits per heavy atom. The summed E-state index contributed by atoms with van der Waals surface area (Å²) >= 11 is 0. The molecular formula is C23H25N5O. The monoisotopic (exact) mass is 387 g/mol. The molecule has 0 bridgehead atoms. The SMILES string of the molecule is Cc1c(-c2cc3ccccc3n2C)nc2cc(C(=O)N3CCC[C@@H](N)C3)ccn12. The molecule has 1 aliphatic heterocycles. The third kappa shape index (κ3) is 2.91. The first kappa shape index (κ1) is 17.9. The van der Waals surface area contributed by atoms with E-state index in [2.05, 4.69) is 36.7 Å². The third-order valence-electron chi connectivity index (χ3n) is 6.05. The van der Waals surface area contributed by atoms with Crippen molar-refractivity contribution < 1.29 is 4.79 Å². The van der Waals surface area contributed by atoms with Gasteiger partial charge in [0.1, 0.15) is 11.3 Å². The Bertz CT molecular complexity index is 1240. The van der Waals surface area contributed by atoms with E-state index in [1.807, 2.05) is 39.8 Å². The Balaban J connectivity index is 1.56. The second-order valence-corrected chi connectivity index (χ2v) is 7.99. The van der Waals surface area contributed by atoms with Crippen LogP contribution in [0.15, 0.2) is 48.7 Å². The molecule has 29 heavy (non-hydrogen) atoms. The Labute approximate surface area is 169 Å². The van der Waals surface area contributed by atoms with Gasteiger partial charge in [-0.15, -0.1) is 0 Å². The van der Waals surface area contributed by atoms with Crippen LogP contribution in [-0.2, 0) is 7.05 Å². The minimum atomic E-state index is 0.0365. The zero-order chi connectivity index (χ0) is 20.1. The van der Waals surface area contributed by atoms with E-state index in [0.717, 1.165) is 42.1 Å². The van der Waals surface area contributed by atoms with E-state index >= 15 is 0 Å². The number of nitrogens with zero attached hydrogens (tertiary/aromatic N) is 4. The number of rotatable bonds is 2. The van der Waals surface area contributed by atoms with Crippen LogP contribution in [0.3, 0.4) is 0 Å². The second kappa shape index (κ2) is 6.74. The fourth-order valence-electron chi connectivity index (χ4n) is 4.44. The minimum Gasteiger partial charge on any atom is -0.342 e. The van der Waals surface area contributed by atoms with Crippen LogP contribution in [0.4, 0.5) is 0 Å². The minimum absolute atomic E-state index is 0.0365. The molecule has 0 spiro atoms. The number of carbonyl (C=O) groups is 1. The molecule has 1 atom stereocenters. The summed E-state index contributed by atoms with van der Waals surface area (Å²) in [5, 5.41) is 1.19. The van der Waals surface area contributed by atoms with Crippen LogP contribution >= 0.6 is 0 Å². The summed E-state index contributed by atoms with van der Waals surface area (Å²) < 4.78 is 4.22. The Kier molecular flexibility index (Phi) is 4.17. The van der Waals surface area contributed by atoms with Crippen molar-refractivity contribution in [2.45, 2.75) is 25.8 Å². The molecule has 0 aliphatic carbocycles. The maximum atomic E-state index is 13.0. The predicted octanol–water partition coefficient (Wildman–Crippen LogP) is 3.36. The van der Waals surface area contributed by atoms with Gasteiger partial charge in [0.15, 0.2) is 0 Å². The molecule has 0 unspecified atom stereocenters. The molecule has 2 N–H and O–H groups in total. The lowest BCUT2D eigenvalue weighted by molar-refractivity contribution is 0.0709. The van der Waals surface area contributed by atoms with E-state index in [1.54, 1.807) is 0 Å². The number of aryl methyl sites for hydroxylation is 2. The molecule has 3 aromatic heterocycles. The number of fused-ring (bicyclic) bond motifs is 2. The molecule has 4 aromatic rings. The average Bonchev–Trinajstić information content (AvgIpc) is 3.24. The van der Waals surface area contributed by atoms with E-state index < -0.39 is 0 Å². The number of hydrogen-bond donors (Lipinski definition) is 1. The quantitative estimate of drug-likeness (QED) is 0.573. The van der Waals surface area contributed by atoms with Gasteiger partial charge in [-0.25, -0.2) is 4.98 Å². The van der Waals surface area contributed by atoms with E-state index in [-0.39, 0.29) is 11.9 Å². The lowest BCUT2D eigenvalue weighted by Crippen LogP contribution is -2.45. The molecule has 148 valence electrons. The summed E-state index contributed by atoms with van der Waals surface area (Å²) in [5.41, 5.74) is 11.8. The highest BCUT2D eigenvalue weighted by Crippen LogP contribution is 2.29. The molecule has 5 rings (SSSR count). The first-order chi connectivity index (χ1) is 14.0. The van der Waals surface area contributed by atoms with Gasteiger partial charge >= 0.3 is 0 Å². The number of benzene rings is 1. The molecule has 0 radical (unpaired) electrons. The molecule has 1 fully saturated rings. The number of aromatic nitrogens is 3. The lowest BCUT2D eigenvalue weighted by atomic mass is 10.1. The van der Waals surface area contributed by atoms with Crippen molar-refractivity contribution in [2.75, 3.05) is 13.1 Å². The van der Waals surface area contributed by atoms with Crippen molar-refractivity contribution in [3.05, 3.63) is 59.9 Å². The molecular weight excluding hydrogens is 362 g/mol. The van der Waals surface area contributed by atoms with Gasteiger partial charge in [0.2, 0.25) is 0 Å². The number of amides is 1. The molecule has 1 saturated heterocycles. The van der Waals surface area contributed by atoms with E-state index in [9.17, 15) is 4.79 Å². The maximum Gasteiger partial charge on any atom is 0.254 e. The van der Waals surface area contributed by atoms with Gasteiger partial charge in [0.05, 0.1) is 5.69 Å². The van der Waals surface area contributed by atoms with Gasteiger partial charge in [0, 0.05) is 54.5 Å². The number of hydrogen-bond acceptors (Lipinski definition) is 3. The van der Waals surface area contributed by atoms with Crippen LogP contribution in [0.5, 0.6) is 0 Å². The summed E-state index contributed by atoms with van der Waals surface area (Å²) in [6, 6.07) is 14.3. The molecule has 1 amide bonds. The van der Waals surface area contributed by atoms with Crippen molar-refractivity contribution >= 4 is 22.5 Å². The smallest absolute Gasteiger partial charge is 0.254 e. The Morgan fingerprint density at radius 3 is 2.83 bits per heavy atom. The number of pyridine rings is 1. The normalized spacial score (nSPS) is 17.3. The Hall–Kier alpha value is -3.12. The number of imidazole rings is 1. The molecule has 1 aliphatic rings. The number of likely N-dealkylation sites (tertiary alicyclic amines) is 1. The van der Waals surface area contributed by atoms with Crippen molar-refractivity contribution in [1.29, 1.82) is 0 Å². The first-order valence-electron chi connectivity index (χ1n) is 10.1. The van der Waals surface area contributed by atoms with Crippen LogP contribution in [0.25, 0.3) is 27.9 Å². The summed E-state index contributed by atoms with van der Waals surface area (Å²) in [7, 11) is 2.07. The van der Waals surface area contributed by atoms with E-state index in [1.165, 1.54) is 10.9 Å². The topological polar surface area (TPSA) is 68.6 Å². The fourth-order valence-corrected chi connectivity index (χ4v) is 4.44. The van der Waals surface area contributed by atoms with Gasteiger partial charge in [-0.05, 0) is 44.0 Å². The van der Waals surface area contributed by atoms with Crippen LogP contribution in [-0.4, -0.2) is 43.9 Å². The molecule has 1 aromatic carbocycles. The fraction of sp³-hybridized carbons (Fsp3) is 0.304. The maximum absolute atomic E-state index is 13.0. The second-order valence-electron chi connectivity index (χ2n) is 7.99. The van der Waals surface area contributed by atoms with E-state index in [0.29, 0.717) is 12.1 Å². The highest BCUT2D eigenvalue weighted by Gasteiger charge is 2.23. The number of piperidine rings is 1. The van der Waals surface area contributed by atoms with Gasteiger partial charge in [0.25, 0.3) is 5.91 Å². The van der Waals surface area contributed by atoms with Crippen molar-refractivity contribution in [3.8, 4) is 11.4 Å². The summed E-state index contributed by atoms with van der Waals surface area (Å²) in [6.45, 7) is 3.46. The van der Waals surface area contributed by atoms with Crippen LogP contribution in [0.1, 0.15) is 28.9 Å². The van der Waals surface area contributed by atoms with Crippen molar-refractivity contribution in [3.63, 3.8) is 0 Å². The zero-order valence-electron chi connectivity index (χ0n) is 16.8. The molecule has 0 saturated carbocycles. The highest BCUT2D eigenvalue weighted by molar-refractivity contribution is 5.95. The number of carbonyl (C=O) groups excluding carboxylic acids is 1. The predicted molar refractivity (Wildman–Crippen MR) is 115 cm³/mol. The third-order valence-corrected chi connectivity index (χ3v) is 6.05. The average molecular weight is 387 g/mol. The van der Waals surface area contributed by atoms with Gasteiger partial charge in [-0.2, -0.15) is 0 Å². The standard InChI is InChI=1S/C23H25N5O/c1-15-22(20-12-16-6-3-4-8-19(16)26(20)2)25-21-13-17(9-11-28(15)21)23(29)27-10-5-7-18(24)14-27/h3-4,6,8-9,11-13,18H,5,7,10,14,24H2,1-2H3/t18-/m1/s1. The van der Waals surface area contributed by atoms with Gasteiger partial charge in [-0.1, -0.05) is 18.2 Å².